The van der Waals surface area contributed by atoms with Gasteiger partial charge in [-0.1, -0.05) is 6.92 Å². The summed E-state index contributed by atoms with van der Waals surface area (Å²) in [5.74, 6) is -2.41. The van der Waals surface area contributed by atoms with Crippen molar-refractivity contribution in [2.24, 2.45) is 0 Å². The summed E-state index contributed by atoms with van der Waals surface area (Å²) < 4.78 is 40.0. The van der Waals surface area contributed by atoms with Crippen molar-refractivity contribution in [2.75, 3.05) is 17.2 Å². The Morgan fingerprint density at radius 3 is 2.52 bits per heavy atom. The largest absolute Gasteiger partial charge is 0.370 e. The Bertz CT molecular complexity index is 646. The van der Waals surface area contributed by atoms with Crippen molar-refractivity contribution < 1.29 is 13.2 Å². The number of halogens is 3. The summed E-state index contributed by atoms with van der Waals surface area (Å²) in [6, 6.07) is 1.36. The zero-order valence-corrected chi connectivity index (χ0v) is 11.7. The molecule has 1 aromatic heterocycles. The highest BCUT2D eigenvalue weighted by Crippen LogP contribution is 2.26. The van der Waals surface area contributed by atoms with Gasteiger partial charge in [0.25, 0.3) is 0 Å². The van der Waals surface area contributed by atoms with Crippen molar-refractivity contribution in [1.82, 2.24) is 9.97 Å². The molecule has 0 bridgehead atoms. The van der Waals surface area contributed by atoms with Gasteiger partial charge in [-0.2, -0.15) is 0 Å². The standard InChI is InChI=1S/C14H15F3N4/c1-3-4-18-13-8(2)14(20-7-19-13)21-11-6-9(15)5-10(16)12(11)17/h5-7H,3-4H2,1-2H3,(H2,18,19,20,21). The Morgan fingerprint density at radius 2 is 1.81 bits per heavy atom. The molecule has 1 aromatic carbocycles. The van der Waals surface area contributed by atoms with Crippen molar-refractivity contribution in [1.29, 1.82) is 0 Å². The van der Waals surface area contributed by atoms with Gasteiger partial charge in [0.05, 0.1) is 5.69 Å². The smallest absolute Gasteiger partial charge is 0.182 e. The van der Waals surface area contributed by atoms with Crippen molar-refractivity contribution >= 4 is 17.3 Å². The monoisotopic (exact) mass is 296 g/mol. The molecular weight excluding hydrogens is 281 g/mol. The lowest BCUT2D eigenvalue weighted by Gasteiger charge is -2.13. The van der Waals surface area contributed by atoms with Gasteiger partial charge in [0, 0.05) is 24.2 Å². The molecule has 2 N–H and O–H groups in total. The molecular formula is C14H15F3N4. The molecule has 112 valence electrons. The first kappa shape index (κ1) is 15.1. The van der Waals surface area contributed by atoms with Crippen molar-refractivity contribution in [3.63, 3.8) is 0 Å². The quantitative estimate of drug-likeness (QED) is 0.825. The molecule has 2 rings (SSSR count). The lowest BCUT2D eigenvalue weighted by atomic mass is 10.2. The fourth-order valence-electron chi connectivity index (χ4n) is 1.77. The first-order valence-corrected chi connectivity index (χ1v) is 6.50. The molecule has 0 aliphatic heterocycles. The fraction of sp³-hybridized carbons (Fsp3) is 0.286. The van der Waals surface area contributed by atoms with E-state index < -0.39 is 17.5 Å². The van der Waals surface area contributed by atoms with Crippen LogP contribution in [0.15, 0.2) is 18.5 Å². The van der Waals surface area contributed by atoms with E-state index in [-0.39, 0.29) is 11.5 Å². The summed E-state index contributed by atoms with van der Waals surface area (Å²) in [6.45, 7) is 4.46. The topological polar surface area (TPSA) is 49.8 Å². The number of anilines is 3. The molecule has 0 atom stereocenters. The van der Waals surface area contributed by atoms with Gasteiger partial charge in [-0.25, -0.2) is 23.1 Å². The molecule has 7 heteroatoms. The number of nitrogens with one attached hydrogen (secondary N) is 2. The minimum absolute atomic E-state index is 0.285. The number of hydrogen-bond donors (Lipinski definition) is 2. The highest BCUT2D eigenvalue weighted by molar-refractivity contribution is 5.64. The summed E-state index contributed by atoms with van der Waals surface area (Å²) in [6.07, 6.45) is 2.21. The molecule has 0 spiro atoms. The van der Waals surface area contributed by atoms with Crippen LogP contribution >= 0.6 is 0 Å². The maximum Gasteiger partial charge on any atom is 0.182 e. The van der Waals surface area contributed by atoms with Crippen molar-refractivity contribution in [2.45, 2.75) is 20.3 Å². The predicted molar refractivity (Wildman–Crippen MR) is 75.1 cm³/mol. The van der Waals surface area contributed by atoms with E-state index in [9.17, 15) is 13.2 Å². The summed E-state index contributed by atoms with van der Waals surface area (Å²) >= 11 is 0. The lowest BCUT2D eigenvalue weighted by molar-refractivity contribution is 0.498. The third-order valence-electron chi connectivity index (χ3n) is 2.87. The van der Waals surface area contributed by atoms with Crippen LogP contribution in [0.3, 0.4) is 0 Å². The maximum absolute atomic E-state index is 13.6. The van der Waals surface area contributed by atoms with Crippen molar-refractivity contribution in [3.05, 3.63) is 41.5 Å². The van der Waals surface area contributed by atoms with Crippen LogP contribution < -0.4 is 10.6 Å². The molecule has 0 saturated carbocycles. The summed E-state index contributed by atoms with van der Waals surface area (Å²) in [7, 11) is 0. The molecule has 0 aliphatic carbocycles. The van der Waals surface area contributed by atoms with Crippen molar-refractivity contribution in [3.8, 4) is 0 Å². The SMILES string of the molecule is CCCNc1ncnc(Nc2cc(F)cc(F)c2F)c1C. The Hall–Kier alpha value is -2.31. The van der Waals surface area contributed by atoms with E-state index in [0.29, 0.717) is 17.4 Å². The molecule has 0 aliphatic rings. The van der Waals surface area contributed by atoms with E-state index in [0.717, 1.165) is 19.0 Å². The van der Waals surface area contributed by atoms with E-state index in [4.69, 9.17) is 0 Å². The van der Waals surface area contributed by atoms with Crippen LogP contribution in [0.1, 0.15) is 18.9 Å². The molecule has 2 aromatic rings. The average Bonchev–Trinajstić information content (AvgIpc) is 2.45. The molecule has 0 fully saturated rings. The molecule has 21 heavy (non-hydrogen) atoms. The van der Waals surface area contributed by atoms with Gasteiger partial charge in [0.15, 0.2) is 11.6 Å². The zero-order valence-electron chi connectivity index (χ0n) is 11.7. The van der Waals surface area contributed by atoms with E-state index in [1.165, 1.54) is 6.33 Å². The number of hydrogen-bond acceptors (Lipinski definition) is 4. The van der Waals surface area contributed by atoms with Gasteiger partial charge in [0.2, 0.25) is 0 Å². The van der Waals surface area contributed by atoms with Crippen LogP contribution in [-0.2, 0) is 0 Å². The molecule has 1 heterocycles. The van der Waals surface area contributed by atoms with E-state index in [1.807, 2.05) is 6.92 Å². The van der Waals surface area contributed by atoms with Gasteiger partial charge in [-0.3, -0.25) is 0 Å². The van der Waals surface area contributed by atoms with Gasteiger partial charge in [-0.15, -0.1) is 0 Å². The highest BCUT2D eigenvalue weighted by Gasteiger charge is 2.14. The van der Waals surface area contributed by atoms with Crippen LogP contribution in [0.25, 0.3) is 0 Å². The second-order valence-electron chi connectivity index (χ2n) is 4.50. The van der Waals surface area contributed by atoms with Crippen LogP contribution in [0, 0.1) is 24.4 Å². The predicted octanol–water partition coefficient (Wildman–Crippen LogP) is 3.77. The third kappa shape index (κ3) is 3.42. The van der Waals surface area contributed by atoms with Gasteiger partial charge < -0.3 is 10.6 Å². The van der Waals surface area contributed by atoms with Crippen LogP contribution in [0.4, 0.5) is 30.5 Å². The zero-order chi connectivity index (χ0) is 15.4. The Labute approximate surface area is 120 Å². The second kappa shape index (κ2) is 6.43. The van der Waals surface area contributed by atoms with Gasteiger partial charge >= 0.3 is 0 Å². The van der Waals surface area contributed by atoms with Crippen LogP contribution in [0.2, 0.25) is 0 Å². The molecule has 0 unspecified atom stereocenters. The Kier molecular flexibility index (Phi) is 4.62. The third-order valence-corrected chi connectivity index (χ3v) is 2.87. The van der Waals surface area contributed by atoms with Crippen LogP contribution in [0.5, 0.6) is 0 Å². The maximum atomic E-state index is 13.6. The van der Waals surface area contributed by atoms with Gasteiger partial charge in [-0.05, 0) is 13.3 Å². The highest BCUT2D eigenvalue weighted by atomic mass is 19.2. The fourth-order valence-corrected chi connectivity index (χ4v) is 1.77. The lowest BCUT2D eigenvalue weighted by Crippen LogP contribution is -2.07. The number of benzene rings is 1. The number of nitrogens with zero attached hydrogens (tertiary/aromatic N) is 2. The first-order valence-electron chi connectivity index (χ1n) is 6.50. The molecule has 0 amide bonds. The van der Waals surface area contributed by atoms with Gasteiger partial charge in [0.1, 0.15) is 23.8 Å². The summed E-state index contributed by atoms with van der Waals surface area (Å²) in [5.41, 5.74) is 0.325. The normalized spacial score (nSPS) is 10.5. The Balaban J connectivity index is 2.32. The molecule has 4 nitrogen and oxygen atoms in total. The van der Waals surface area contributed by atoms with E-state index in [2.05, 4.69) is 20.6 Å². The second-order valence-corrected chi connectivity index (χ2v) is 4.50. The summed E-state index contributed by atoms with van der Waals surface area (Å²) in [5, 5.41) is 5.69. The number of rotatable bonds is 5. The summed E-state index contributed by atoms with van der Waals surface area (Å²) in [4.78, 5) is 8.04. The molecule has 0 saturated heterocycles. The minimum atomic E-state index is -1.26. The average molecular weight is 296 g/mol. The van der Waals surface area contributed by atoms with E-state index in [1.54, 1.807) is 6.92 Å². The van der Waals surface area contributed by atoms with E-state index >= 15 is 0 Å². The molecule has 0 radical (unpaired) electrons. The first-order chi connectivity index (χ1) is 10.0. The Morgan fingerprint density at radius 1 is 1.10 bits per heavy atom. The minimum Gasteiger partial charge on any atom is -0.370 e. The number of aromatic nitrogens is 2. The van der Waals surface area contributed by atoms with Crippen LogP contribution in [-0.4, -0.2) is 16.5 Å².